The van der Waals surface area contributed by atoms with Crippen LogP contribution in [-0.2, 0) is 6.54 Å². The van der Waals surface area contributed by atoms with E-state index in [2.05, 4.69) is 18.3 Å². The van der Waals surface area contributed by atoms with Gasteiger partial charge in [0.25, 0.3) is 0 Å². The van der Waals surface area contributed by atoms with Gasteiger partial charge < -0.3 is 10.1 Å². The van der Waals surface area contributed by atoms with Crippen molar-refractivity contribution in [3.8, 4) is 5.75 Å². The molecule has 0 saturated heterocycles. The monoisotopic (exact) mass is 325 g/mol. The van der Waals surface area contributed by atoms with E-state index in [4.69, 9.17) is 17.0 Å². The van der Waals surface area contributed by atoms with Crippen LogP contribution in [0.4, 0.5) is 0 Å². The smallest absolute Gasteiger partial charge is 0.134 e. The highest BCUT2D eigenvalue weighted by atomic mass is 32.2. The second kappa shape index (κ2) is 11.9. The second-order valence-corrected chi connectivity index (χ2v) is 6.88. The zero-order chi connectivity index (χ0) is 15.3. The molecule has 0 aliphatic rings. The number of thiocarbonyl (C=S) groups is 1. The average molecular weight is 326 g/mol. The van der Waals surface area contributed by atoms with Gasteiger partial charge in [-0.25, -0.2) is 0 Å². The lowest BCUT2D eigenvalue weighted by molar-refractivity contribution is 0.414. The number of benzene rings is 1. The molecule has 0 saturated carbocycles. The minimum Gasteiger partial charge on any atom is -0.497 e. The predicted molar refractivity (Wildman–Crippen MR) is 98.3 cm³/mol. The Hall–Kier alpha value is -0.740. The van der Waals surface area contributed by atoms with Gasteiger partial charge >= 0.3 is 0 Å². The van der Waals surface area contributed by atoms with E-state index >= 15 is 0 Å². The van der Waals surface area contributed by atoms with E-state index in [9.17, 15) is 0 Å². The van der Waals surface area contributed by atoms with Crippen LogP contribution in [0.25, 0.3) is 0 Å². The largest absolute Gasteiger partial charge is 0.497 e. The number of nitrogens with one attached hydrogen (secondary N) is 1. The third-order valence-electron chi connectivity index (χ3n) is 3.30. The summed E-state index contributed by atoms with van der Waals surface area (Å²) in [5, 5.41) is 3.30. The molecule has 1 aromatic carbocycles. The maximum Gasteiger partial charge on any atom is 0.134 e. The van der Waals surface area contributed by atoms with Gasteiger partial charge in [0.1, 0.15) is 10.1 Å². The van der Waals surface area contributed by atoms with Crippen LogP contribution in [0.1, 0.15) is 51.0 Å². The molecule has 0 radical (unpaired) electrons. The molecule has 0 bridgehead atoms. The Morgan fingerprint density at radius 2 is 1.95 bits per heavy atom. The first kappa shape index (κ1) is 18.3. The molecular weight excluding hydrogens is 298 g/mol. The second-order valence-electron chi connectivity index (χ2n) is 5.11. The minimum absolute atomic E-state index is 0.763. The molecular formula is C17H27NOS2. The summed E-state index contributed by atoms with van der Waals surface area (Å²) in [6.07, 6.45) is 8.00. The quantitative estimate of drug-likeness (QED) is 0.473. The van der Waals surface area contributed by atoms with Gasteiger partial charge in [-0.2, -0.15) is 0 Å². The summed E-state index contributed by atoms with van der Waals surface area (Å²) in [4.78, 5) is 0. The summed E-state index contributed by atoms with van der Waals surface area (Å²) in [5.41, 5.74) is 1.19. The van der Waals surface area contributed by atoms with Crippen molar-refractivity contribution in [3.05, 3.63) is 29.8 Å². The lowest BCUT2D eigenvalue weighted by Gasteiger charge is -2.08. The molecule has 0 unspecified atom stereocenters. The normalized spacial score (nSPS) is 10.4. The van der Waals surface area contributed by atoms with Crippen molar-refractivity contribution in [3.63, 3.8) is 0 Å². The highest BCUT2D eigenvalue weighted by Crippen LogP contribution is 2.14. The van der Waals surface area contributed by atoms with Crippen LogP contribution >= 0.6 is 24.0 Å². The van der Waals surface area contributed by atoms with Gasteiger partial charge in [-0.3, -0.25) is 0 Å². The fraction of sp³-hybridized carbons (Fsp3) is 0.588. The number of rotatable bonds is 10. The molecule has 0 fully saturated rings. The number of thioether (sulfide) groups is 1. The third kappa shape index (κ3) is 8.99. The van der Waals surface area contributed by atoms with Crippen molar-refractivity contribution in [2.45, 2.75) is 52.0 Å². The van der Waals surface area contributed by atoms with E-state index in [0.717, 1.165) is 22.4 Å². The molecule has 0 aliphatic carbocycles. The minimum atomic E-state index is 0.763. The first-order valence-corrected chi connectivity index (χ1v) is 9.19. The molecule has 4 heteroatoms. The average Bonchev–Trinajstić information content (AvgIpc) is 2.52. The number of unbranched alkanes of at least 4 members (excludes halogenated alkanes) is 5. The Bertz CT molecular complexity index is 410. The highest BCUT2D eigenvalue weighted by molar-refractivity contribution is 8.22. The number of ether oxygens (including phenoxy) is 1. The zero-order valence-electron chi connectivity index (χ0n) is 13.2. The van der Waals surface area contributed by atoms with Crippen LogP contribution in [0.15, 0.2) is 24.3 Å². The van der Waals surface area contributed by atoms with Crippen LogP contribution < -0.4 is 10.1 Å². The molecule has 1 aromatic rings. The number of methoxy groups -OCH3 is 1. The molecule has 118 valence electrons. The van der Waals surface area contributed by atoms with E-state index in [1.165, 1.54) is 44.1 Å². The van der Waals surface area contributed by atoms with Crippen molar-refractivity contribution in [2.75, 3.05) is 12.9 Å². The summed E-state index contributed by atoms with van der Waals surface area (Å²) < 4.78 is 6.11. The van der Waals surface area contributed by atoms with Crippen molar-refractivity contribution in [1.82, 2.24) is 5.32 Å². The Balaban J connectivity index is 2.08. The fourth-order valence-electron chi connectivity index (χ4n) is 2.05. The molecule has 0 aliphatic heterocycles. The van der Waals surface area contributed by atoms with Crippen molar-refractivity contribution >= 4 is 28.3 Å². The summed E-state index contributed by atoms with van der Waals surface area (Å²) >= 11 is 7.11. The van der Waals surface area contributed by atoms with Crippen LogP contribution in [-0.4, -0.2) is 17.2 Å². The van der Waals surface area contributed by atoms with E-state index in [1.807, 2.05) is 18.2 Å². The highest BCUT2D eigenvalue weighted by Gasteiger charge is 2.00. The maximum absolute atomic E-state index is 5.35. The van der Waals surface area contributed by atoms with Gasteiger partial charge in [0.05, 0.1) is 7.11 Å². The van der Waals surface area contributed by atoms with Gasteiger partial charge in [0.15, 0.2) is 0 Å². The molecule has 1 rings (SSSR count). The zero-order valence-corrected chi connectivity index (χ0v) is 14.8. The van der Waals surface area contributed by atoms with Crippen LogP contribution in [0.2, 0.25) is 0 Å². The molecule has 1 N–H and O–H groups in total. The maximum atomic E-state index is 5.35. The molecule has 0 spiro atoms. The predicted octanol–water partition coefficient (Wildman–Crippen LogP) is 5.16. The van der Waals surface area contributed by atoms with Gasteiger partial charge in [-0.15, -0.1) is 0 Å². The van der Waals surface area contributed by atoms with E-state index in [-0.39, 0.29) is 0 Å². The van der Waals surface area contributed by atoms with Crippen LogP contribution in [0.5, 0.6) is 5.75 Å². The molecule has 0 aromatic heterocycles. The van der Waals surface area contributed by atoms with Crippen molar-refractivity contribution < 1.29 is 4.74 Å². The van der Waals surface area contributed by atoms with E-state index in [0.29, 0.717) is 0 Å². The van der Waals surface area contributed by atoms with Crippen LogP contribution in [0.3, 0.4) is 0 Å². The lowest BCUT2D eigenvalue weighted by atomic mass is 10.1. The topological polar surface area (TPSA) is 21.3 Å². The first-order chi connectivity index (χ1) is 10.3. The van der Waals surface area contributed by atoms with Gasteiger partial charge in [0, 0.05) is 12.3 Å². The Morgan fingerprint density at radius 1 is 1.19 bits per heavy atom. The van der Waals surface area contributed by atoms with E-state index in [1.54, 1.807) is 18.9 Å². The summed E-state index contributed by atoms with van der Waals surface area (Å²) in [6.45, 7) is 3.02. The summed E-state index contributed by atoms with van der Waals surface area (Å²) in [5.74, 6) is 2.01. The third-order valence-corrected chi connectivity index (χ3v) is 4.70. The van der Waals surface area contributed by atoms with Crippen molar-refractivity contribution in [2.24, 2.45) is 0 Å². The molecule has 2 nitrogen and oxygen atoms in total. The number of hydrogen-bond donors (Lipinski definition) is 1. The molecule has 0 heterocycles. The standard InChI is InChI=1S/C17H27NOS2/c1-3-4-5-6-7-8-12-21-17(20)18-14-15-10-9-11-16(13-15)19-2/h9-11,13H,3-8,12,14H2,1-2H3,(H,18,20). The van der Waals surface area contributed by atoms with E-state index < -0.39 is 0 Å². The van der Waals surface area contributed by atoms with Crippen LogP contribution in [0, 0.1) is 0 Å². The molecule has 0 atom stereocenters. The van der Waals surface area contributed by atoms with Gasteiger partial charge in [0.2, 0.25) is 0 Å². The SMILES string of the molecule is CCCCCCCCSC(=S)NCc1cccc(OC)c1. The van der Waals surface area contributed by atoms with Crippen molar-refractivity contribution in [1.29, 1.82) is 0 Å². The Morgan fingerprint density at radius 3 is 2.71 bits per heavy atom. The van der Waals surface area contributed by atoms with Gasteiger partial charge in [-0.05, 0) is 24.1 Å². The first-order valence-electron chi connectivity index (χ1n) is 7.79. The Labute approximate surface area is 139 Å². The fourth-order valence-corrected chi connectivity index (χ4v) is 3.09. The Kier molecular flexibility index (Phi) is 10.3. The molecule has 21 heavy (non-hydrogen) atoms. The molecule has 0 amide bonds. The van der Waals surface area contributed by atoms with Gasteiger partial charge in [-0.1, -0.05) is 75.1 Å². The summed E-state index contributed by atoms with van der Waals surface area (Å²) in [7, 11) is 1.69. The summed E-state index contributed by atoms with van der Waals surface area (Å²) in [6, 6.07) is 8.07. The number of hydrogen-bond acceptors (Lipinski definition) is 3. The lowest BCUT2D eigenvalue weighted by Crippen LogP contribution is -2.18.